The predicted octanol–water partition coefficient (Wildman–Crippen LogP) is 0.628. The molecule has 4 rings (SSSR count). The van der Waals surface area contributed by atoms with Crippen LogP contribution in [0.5, 0.6) is 11.5 Å². The van der Waals surface area contributed by atoms with Crippen molar-refractivity contribution in [3.63, 3.8) is 0 Å². The fourth-order valence-corrected chi connectivity index (χ4v) is 3.29. The topological polar surface area (TPSA) is 109 Å². The first-order chi connectivity index (χ1) is 13.5. The van der Waals surface area contributed by atoms with Crippen molar-refractivity contribution in [1.82, 2.24) is 9.88 Å². The Balaban J connectivity index is 1.41. The third-order valence-corrected chi connectivity index (χ3v) is 4.77. The third kappa shape index (κ3) is 3.59. The Bertz CT molecular complexity index is 901. The van der Waals surface area contributed by atoms with Crippen LogP contribution in [-0.2, 0) is 17.6 Å². The van der Waals surface area contributed by atoms with Gasteiger partial charge in [-0.25, -0.2) is 4.79 Å². The molecule has 0 atom stereocenters. The number of amides is 1. The lowest BCUT2D eigenvalue weighted by molar-refractivity contribution is -0.139. The molecule has 2 aromatic rings. The summed E-state index contributed by atoms with van der Waals surface area (Å²) in [7, 11) is -1.03. The number of likely N-dealkylation sites (tertiary alicyclic amines) is 1. The zero-order valence-corrected chi connectivity index (χ0v) is 14.9. The molecule has 1 fully saturated rings. The van der Waals surface area contributed by atoms with Crippen molar-refractivity contribution in [1.29, 1.82) is 0 Å². The van der Waals surface area contributed by atoms with Crippen LogP contribution in [0.1, 0.15) is 21.6 Å². The van der Waals surface area contributed by atoms with Crippen molar-refractivity contribution >= 4 is 19.0 Å². The molecule has 0 aliphatic carbocycles. The summed E-state index contributed by atoms with van der Waals surface area (Å²) in [5, 5.41) is 19.3. The molecule has 3 heterocycles. The highest BCUT2D eigenvalue weighted by Gasteiger charge is 2.35. The van der Waals surface area contributed by atoms with Gasteiger partial charge >= 0.3 is 13.1 Å². The van der Waals surface area contributed by atoms with Gasteiger partial charge < -0.3 is 24.4 Å². The molecule has 2 N–H and O–H groups in total. The minimum Gasteiger partial charge on any atom is -0.535 e. The van der Waals surface area contributed by atoms with Crippen LogP contribution >= 0.6 is 0 Å². The smallest absolute Gasteiger partial charge is 0.522 e. The molecule has 1 aromatic heterocycles. The molecular formula is C19H17BN2O6. The molecule has 28 heavy (non-hydrogen) atoms. The zero-order chi connectivity index (χ0) is 19.7. The summed E-state index contributed by atoms with van der Waals surface area (Å²) in [5.41, 5.74) is 1.25. The molecule has 0 unspecified atom stereocenters. The van der Waals surface area contributed by atoms with Crippen LogP contribution < -0.4 is 9.39 Å². The fourth-order valence-electron chi connectivity index (χ4n) is 3.29. The number of rotatable bonds is 5. The molecule has 1 saturated heterocycles. The summed E-state index contributed by atoms with van der Waals surface area (Å²) in [6, 6.07) is 10.4. The SMILES string of the molecule is O=C(O)c1c(OC2CN(C(=O)Cc3cc#ccn3)C2)ccc2c1OB(O)CC2. The molecule has 0 spiro atoms. The molecular weight excluding hydrogens is 363 g/mol. The highest BCUT2D eigenvalue weighted by Crippen LogP contribution is 2.37. The highest BCUT2D eigenvalue weighted by molar-refractivity contribution is 6.44. The Morgan fingerprint density at radius 2 is 2.18 bits per heavy atom. The van der Waals surface area contributed by atoms with E-state index < -0.39 is 13.1 Å². The first kappa shape index (κ1) is 18.1. The van der Waals surface area contributed by atoms with Crippen molar-refractivity contribution in [3.05, 3.63) is 53.3 Å². The van der Waals surface area contributed by atoms with Gasteiger partial charge in [-0.3, -0.25) is 9.78 Å². The van der Waals surface area contributed by atoms with E-state index in [4.69, 9.17) is 9.39 Å². The van der Waals surface area contributed by atoms with Crippen molar-refractivity contribution in [3.8, 4) is 11.5 Å². The maximum atomic E-state index is 12.3. The summed E-state index contributed by atoms with van der Waals surface area (Å²) in [5.74, 6) is -0.940. The van der Waals surface area contributed by atoms with E-state index in [1.807, 2.05) is 0 Å². The van der Waals surface area contributed by atoms with Crippen molar-refractivity contribution in [2.24, 2.45) is 0 Å². The molecule has 0 radical (unpaired) electrons. The van der Waals surface area contributed by atoms with E-state index >= 15 is 0 Å². The normalized spacial score (nSPS) is 15.8. The molecule has 1 aromatic carbocycles. The summed E-state index contributed by atoms with van der Waals surface area (Å²) >= 11 is 0. The first-order valence-electron chi connectivity index (χ1n) is 8.92. The van der Waals surface area contributed by atoms with Gasteiger partial charge in [-0.1, -0.05) is 18.2 Å². The number of aromatic nitrogens is 1. The lowest BCUT2D eigenvalue weighted by Gasteiger charge is -2.39. The van der Waals surface area contributed by atoms with Gasteiger partial charge in [-0.15, -0.1) is 0 Å². The average molecular weight is 380 g/mol. The quantitative estimate of drug-likeness (QED) is 0.733. The molecule has 1 amide bonds. The number of nitrogens with zero attached hydrogens (tertiary/aromatic N) is 2. The highest BCUT2D eigenvalue weighted by atomic mass is 16.5. The van der Waals surface area contributed by atoms with E-state index in [1.165, 1.54) is 6.20 Å². The van der Waals surface area contributed by atoms with Gasteiger partial charge in [0.2, 0.25) is 5.91 Å². The van der Waals surface area contributed by atoms with Crippen LogP contribution in [0, 0.1) is 12.1 Å². The Kier molecular flexibility index (Phi) is 4.80. The molecule has 0 bridgehead atoms. The van der Waals surface area contributed by atoms with Crippen molar-refractivity contribution in [2.75, 3.05) is 13.1 Å². The summed E-state index contributed by atoms with van der Waals surface area (Å²) < 4.78 is 11.2. The average Bonchev–Trinajstić information content (AvgIpc) is 2.64. The number of carbonyl (C=O) groups is 2. The standard InChI is InChI=1S/C19H17BN2O6/c23-16(9-13-3-1-2-8-21-13)22-10-14(11-22)27-15-5-4-12-6-7-20(26)28-18(12)17(15)19(24)25/h3-5,8,14,26H,6-7,9-11H2,(H,24,25). The molecule has 2 aliphatic rings. The minimum absolute atomic E-state index is 0.0812. The molecule has 142 valence electrons. The summed E-state index contributed by atoms with van der Waals surface area (Å²) in [6.45, 7) is 0.724. The van der Waals surface area contributed by atoms with E-state index in [1.54, 1.807) is 23.1 Å². The summed E-state index contributed by atoms with van der Waals surface area (Å²) in [6.07, 6.45) is 2.27. The van der Waals surface area contributed by atoms with Crippen LogP contribution in [0.2, 0.25) is 6.32 Å². The fraction of sp³-hybridized carbons (Fsp3) is 0.316. The number of aryl methyl sites for hydroxylation is 1. The minimum atomic E-state index is -1.18. The summed E-state index contributed by atoms with van der Waals surface area (Å²) in [4.78, 5) is 29.7. The number of hydrogen-bond acceptors (Lipinski definition) is 6. The van der Waals surface area contributed by atoms with Crippen LogP contribution in [0.25, 0.3) is 0 Å². The number of carboxylic acid groups (broad SMARTS) is 1. The maximum absolute atomic E-state index is 12.3. The third-order valence-electron chi connectivity index (χ3n) is 4.77. The van der Waals surface area contributed by atoms with Crippen LogP contribution in [0.4, 0.5) is 0 Å². The number of ether oxygens (including phenoxy) is 1. The van der Waals surface area contributed by atoms with Crippen molar-refractivity contribution < 1.29 is 29.1 Å². The number of aromatic carboxylic acids is 1. The zero-order valence-electron chi connectivity index (χ0n) is 14.9. The lowest BCUT2D eigenvalue weighted by atomic mass is 9.78. The second-order valence-electron chi connectivity index (χ2n) is 6.74. The first-order valence-corrected chi connectivity index (χ1v) is 8.92. The molecule has 8 nitrogen and oxygen atoms in total. The van der Waals surface area contributed by atoms with Crippen LogP contribution in [0.3, 0.4) is 0 Å². The molecule has 9 heteroatoms. The number of fused-ring (bicyclic) bond motifs is 1. The van der Waals surface area contributed by atoms with Gasteiger partial charge in [0.25, 0.3) is 0 Å². The Morgan fingerprint density at radius 1 is 1.36 bits per heavy atom. The van der Waals surface area contributed by atoms with Gasteiger partial charge in [0.1, 0.15) is 23.2 Å². The Hall–Kier alpha value is -3.25. The van der Waals surface area contributed by atoms with Gasteiger partial charge in [0, 0.05) is 6.07 Å². The van der Waals surface area contributed by atoms with Crippen LogP contribution in [0.15, 0.2) is 24.4 Å². The monoisotopic (exact) mass is 380 g/mol. The van der Waals surface area contributed by atoms with Gasteiger partial charge in [0.15, 0.2) is 0 Å². The molecule has 2 aliphatic heterocycles. The van der Waals surface area contributed by atoms with Crippen LogP contribution in [-0.4, -0.2) is 58.2 Å². The van der Waals surface area contributed by atoms with Gasteiger partial charge in [-0.2, -0.15) is 0 Å². The largest absolute Gasteiger partial charge is 0.535 e. The Labute approximate surface area is 161 Å². The Morgan fingerprint density at radius 3 is 2.89 bits per heavy atom. The van der Waals surface area contributed by atoms with Gasteiger partial charge in [0.05, 0.1) is 31.4 Å². The number of carboxylic acids is 1. The number of carbonyl (C=O) groups excluding carboxylic acids is 1. The lowest BCUT2D eigenvalue weighted by Crippen LogP contribution is -2.56. The van der Waals surface area contributed by atoms with E-state index in [2.05, 4.69) is 17.1 Å². The van der Waals surface area contributed by atoms with E-state index in [0.717, 1.165) is 5.56 Å². The number of hydrogen-bond donors (Lipinski definition) is 2. The van der Waals surface area contributed by atoms with Crippen molar-refractivity contribution in [2.45, 2.75) is 25.3 Å². The second-order valence-corrected chi connectivity index (χ2v) is 6.74. The number of benzene rings is 1. The van der Waals surface area contributed by atoms with E-state index in [-0.39, 0.29) is 35.5 Å². The maximum Gasteiger partial charge on any atom is 0.522 e. The second kappa shape index (κ2) is 7.41. The van der Waals surface area contributed by atoms with E-state index in [9.17, 15) is 19.7 Å². The molecule has 0 saturated carbocycles. The van der Waals surface area contributed by atoms with Gasteiger partial charge in [-0.05, 0) is 24.4 Å². The van der Waals surface area contributed by atoms with E-state index in [0.29, 0.717) is 31.5 Å². The predicted molar refractivity (Wildman–Crippen MR) is 97.1 cm³/mol.